The maximum absolute atomic E-state index is 12.7. The van der Waals surface area contributed by atoms with E-state index < -0.39 is 11.7 Å². The number of carbonyl (C=O) groups is 1. The number of carbonyl (C=O) groups excluding carboxylic acids is 1. The number of aromatic amines is 1. The highest BCUT2D eigenvalue weighted by Crippen LogP contribution is 2.28. The van der Waals surface area contributed by atoms with Crippen LogP contribution < -0.4 is 20.1 Å². The van der Waals surface area contributed by atoms with Crippen molar-refractivity contribution in [1.29, 1.82) is 0 Å². The lowest BCUT2D eigenvalue weighted by Crippen LogP contribution is -3.16. The number of hydrogen-bond acceptors (Lipinski definition) is 2. The normalized spacial score (nSPS) is 16.4. The van der Waals surface area contributed by atoms with Gasteiger partial charge in [0.05, 0.1) is 11.6 Å². The predicted octanol–water partition coefficient (Wildman–Crippen LogP) is 1.66. The number of piperazine rings is 1. The summed E-state index contributed by atoms with van der Waals surface area (Å²) in [7, 11) is 0. The van der Waals surface area contributed by atoms with Crippen LogP contribution in [0.5, 0.6) is 0 Å². The molecule has 2 aromatic rings. The third kappa shape index (κ3) is 5.72. The van der Waals surface area contributed by atoms with E-state index in [0.29, 0.717) is 25.5 Å². The first kappa shape index (κ1) is 22.1. The van der Waals surface area contributed by atoms with Crippen molar-refractivity contribution in [2.75, 3.05) is 37.6 Å². The standard InChI is InChI=1S/C22H27F3N4O/c1-3-17-4-6-18(7-5-17)16(2)27-21(30)15-28-10-12-29(13-11-28)20-9-8-19(14-26-20)22(23,24)25/h4-9,14,16H,3,10-13,15H2,1-2H3,(H,27,30)/p+2/t16-/m0/s1. The van der Waals surface area contributed by atoms with Crippen LogP contribution in [0.25, 0.3) is 0 Å². The SMILES string of the molecule is CCc1ccc([C@H](C)NC(=O)C[NH+]2CCN(c3ccc(C(F)(F)F)c[nH+]3)CC2)cc1. The van der Waals surface area contributed by atoms with Crippen molar-refractivity contribution in [2.45, 2.75) is 32.5 Å². The first-order valence-corrected chi connectivity index (χ1v) is 10.3. The Morgan fingerprint density at radius 1 is 1.17 bits per heavy atom. The molecule has 0 saturated carbocycles. The Labute approximate surface area is 174 Å². The summed E-state index contributed by atoms with van der Waals surface area (Å²) in [4.78, 5) is 18.4. The zero-order valence-electron chi connectivity index (χ0n) is 17.4. The Bertz CT molecular complexity index is 829. The fraction of sp³-hybridized carbons (Fsp3) is 0.455. The second kappa shape index (κ2) is 9.47. The van der Waals surface area contributed by atoms with Crippen LogP contribution in [0.15, 0.2) is 42.6 Å². The summed E-state index contributed by atoms with van der Waals surface area (Å²) in [6.45, 7) is 7.34. The largest absolute Gasteiger partial charge is 0.419 e. The van der Waals surface area contributed by atoms with E-state index in [1.807, 2.05) is 11.8 Å². The van der Waals surface area contributed by atoms with Crippen molar-refractivity contribution >= 4 is 11.7 Å². The number of amides is 1. The number of aromatic nitrogens is 1. The molecule has 0 aliphatic carbocycles. The Morgan fingerprint density at radius 2 is 1.83 bits per heavy atom. The smallest absolute Gasteiger partial charge is 0.345 e. The van der Waals surface area contributed by atoms with Crippen molar-refractivity contribution in [3.8, 4) is 0 Å². The molecule has 1 amide bonds. The van der Waals surface area contributed by atoms with Crippen LogP contribution in [-0.4, -0.2) is 38.6 Å². The minimum absolute atomic E-state index is 0.00612. The van der Waals surface area contributed by atoms with E-state index in [4.69, 9.17) is 0 Å². The van der Waals surface area contributed by atoms with Crippen LogP contribution in [-0.2, 0) is 17.4 Å². The Morgan fingerprint density at radius 3 is 2.37 bits per heavy atom. The Hall–Kier alpha value is -2.61. The van der Waals surface area contributed by atoms with E-state index in [9.17, 15) is 18.0 Å². The zero-order chi connectivity index (χ0) is 21.7. The molecule has 3 N–H and O–H groups in total. The molecule has 5 nitrogen and oxygen atoms in total. The van der Waals surface area contributed by atoms with Crippen LogP contribution in [0, 0.1) is 0 Å². The number of pyridine rings is 1. The first-order valence-electron chi connectivity index (χ1n) is 10.3. The third-order valence-electron chi connectivity index (χ3n) is 5.61. The molecule has 1 aliphatic heterocycles. The maximum Gasteiger partial charge on any atom is 0.419 e. The Balaban J connectivity index is 1.46. The van der Waals surface area contributed by atoms with E-state index in [1.165, 1.54) is 16.5 Å². The van der Waals surface area contributed by atoms with Crippen LogP contribution in [0.3, 0.4) is 0 Å². The monoisotopic (exact) mass is 422 g/mol. The molecule has 30 heavy (non-hydrogen) atoms. The number of benzene rings is 1. The van der Waals surface area contributed by atoms with Gasteiger partial charge in [-0.05, 0) is 30.5 Å². The molecule has 1 saturated heterocycles. The molecule has 162 valence electrons. The van der Waals surface area contributed by atoms with Crippen LogP contribution in [0.4, 0.5) is 19.0 Å². The quantitative estimate of drug-likeness (QED) is 0.744. The second-order valence-electron chi connectivity index (χ2n) is 7.76. The average Bonchev–Trinajstić information content (AvgIpc) is 2.73. The molecule has 3 rings (SSSR count). The molecular weight excluding hydrogens is 393 g/mol. The highest BCUT2D eigenvalue weighted by atomic mass is 19.4. The van der Waals surface area contributed by atoms with Crippen molar-refractivity contribution in [2.24, 2.45) is 0 Å². The number of nitrogens with one attached hydrogen (secondary N) is 3. The molecular formula is C22H29F3N4O+2. The van der Waals surface area contributed by atoms with Gasteiger partial charge in [0.15, 0.2) is 6.54 Å². The molecule has 8 heteroatoms. The number of halogens is 3. The summed E-state index contributed by atoms with van der Waals surface area (Å²) in [5.74, 6) is 0.669. The van der Waals surface area contributed by atoms with Gasteiger partial charge in [0, 0.05) is 6.07 Å². The zero-order valence-corrected chi connectivity index (χ0v) is 17.4. The van der Waals surface area contributed by atoms with Gasteiger partial charge in [-0.2, -0.15) is 13.2 Å². The van der Waals surface area contributed by atoms with Crippen molar-refractivity contribution in [3.05, 3.63) is 59.3 Å². The van der Waals surface area contributed by atoms with Gasteiger partial charge in [0.25, 0.3) is 11.7 Å². The molecule has 0 unspecified atom stereocenters. The molecule has 0 bridgehead atoms. The summed E-state index contributed by atoms with van der Waals surface area (Å²) >= 11 is 0. The minimum atomic E-state index is -4.35. The number of anilines is 1. The van der Waals surface area contributed by atoms with E-state index in [2.05, 4.69) is 41.5 Å². The van der Waals surface area contributed by atoms with Gasteiger partial charge in [-0.1, -0.05) is 31.2 Å². The van der Waals surface area contributed by atoms with E-state index in [1.54, 1.807) is 0 Å². The summed E-state index contributed by atoms with van der Waals surface area (Å²) in [6, 6.07) is 10.8. The fourth-order valence-electron chi connectivity index (χ4n) is 3.68. The maximum atomic E-state index is 12.7. The summed E-state index contributed by atoms with van der Waals surface area (Å²) in [5, 5.41) is 3.06. The average molecular weight is 422 g/mol. The number of quaternary nitrogens is 1. The number of hydrogen-bond donors (Lipinski definition) is 2. The molecule has 2 heterocycles. The van der Waals surface area contributed by atoms with Gasteiger partial charge >= 0.3 is 6.18 Å². The van der Waals surface area contributed by atoms with Crippen LogP contribution >= 0.6 is 0 Å². The van der Waals surface area contributed by atoms with Gasteiger partial charge in [-0.25, -0.2) is 4.98 Å². The summed E-state index contributed by atoms with van der Waals surface area (Å²) in [5.41, 5.74) is 1.66. The molecule has 1 aromatic carbocycles. The number of alkyl halides is 3. The van der Waals surface area contributed by atoms with Crippen molar-refractivity contribution < 1.29 is 27.8 Å². The predicted molar refractivity (Wildman–Crippen MR) is 108 cm³/mol. The lowest BCUT2D eigenvalue weighted by molar-refractivity contribution is -0.892. The fourth-order valence-corrected chi connectivity index (χ4v) is 3.68. The van der Waals surface area contributed by atoms with Gasteiger partial charge in [0.2, 0.25) is 0 Å². The second-order valence-corrected chi connectivity index (χ2v) is 7.76. The van der Waals surface area contributed by atoms with Gasteiger partial charge in [0.1, 0.15) is 32.4 Å². The highest BCUT2D eigenvalue weighted by Gasteiger charge is 2.33. The van der Waals surface area contributed by atoms with Crippen molar-refractivity contribution in [3.63, 3.8) is 0 Å². The molecule has 0 spiro atoms. The molecule has 1 atom stereocenters. The van der Waals surface area contributed by atoms with Gasteiger partial charge in [-0.15, -0.1) is 0 Å². The third-order valence-corrected chi connectivity index (χ3v) is 5.61. The number of rotatable bonds is 6. The summed E-state index contributed by atoms with van der Waals surface area (Å²) in [6.07, 6.45) is -2.36. The van der Waals surface area contributed by atoms with E-state index >= 15 is 0 Å². The molecule has 1 fully saturated rings. The minimum Gasteiger partial charge on any atom is -0.345 e. The number of nitrogens with zero attached hydrogens (tertiary/aromatic N) is 1. The molecule has 1 aliphatic rings. The topological polar surface area (TPSA) is 50.9 Å². The lowest BCUT2D eigenvalue weighted by atomic mass is 10.1. The summed E-state index contributed by atoms with van der Waals surface area (Å²) < 4.78 is 38.1. The van der Waals surface area contributed by atoms with Crippen LogP contribution in [0.1, 0.15) is 36.6 Å². The van der Waals surface area contributed by atoms with Gasteiger partial charge < -0.3 is 10.2 Å². The molecule has 1 aromatic heterocycles. The molecule has 0 radical (unpaired) electrons. The Kier molecular flexibility index (Phi) is 6.97. The highest BCUT2D eigenvalue weighted by molar-refractivity contribution is 5.77. The van der Waals surface area contributed by atoms with E-state index in [-0.39, 0.29) is 11.9 Å². The lowest BCUT2D eigenvalue weighted by Gasteiger charge is -2.28. The number of H-pyrrole nitrogens is 1. The first-order chi connectivity index (χ1) is 14.3. The van der Waals surface area contributed by atoms with Gasteiger partial charge in [-0.3, -0.25) is 9.69 Å². The van der Waals surface area contributed by atoms with Crippen molar-refractivity contribution in [1.82, 2.24) is 5.32 Å². The van der Waals surface area contributed by atoms with Crippen LogP contribution in [0.2, 0.25) is 0 Å². The number of aryl methyl sites for hydroxylation is 1. The van der Waals surface area contributed by atoms with E-state index in [0.717, 1.165) is 37.3 Å².